The molecule has 0 spiro atoms. The van der Waals surface area contributed by atoms with E-state index in [1.807, 2.05) is 48.5 Å². The number of carbonyl (C=O) groups excluding carboxylic acids is 1. The Bertz CT molecular complexity index is 765. The van der Waals surface area contributed by atoms with E-state index in [-0.39, 0.29) is 5.91 Å². The fourth-order valence-electron chi connectivity index (χ4n) is 2.23. The second-order valence-electron chi connectivity index (χ2n) is 5.07. The molecule has 0 fully saturated rings. The van der Waals surface area contributed by atoms with Crippen LogP contribution < -0.4 is 10.1 Å². The van der Waals surface area contributed by atoms with Crippen molar-refractivity contribution in [2.45, 2.75) is 19.6 Å². The Hall–Kier alpha value is -2.75. The minimum atomic E-state index is -0.573. The third-order valence-corrected chi connectivity index (χ3v) is 3.42. The maximum Gasteiger partial charge on any atom is 0.261 e. The van der Waals surface area contributed by atoms with Crippen molar-refractivity contribution in [1.82, 2.24) is 5.32 Å². The lowest BCUT2D eigenvalue weighted by molar-refractivity contribution is -0.127. The molecule has 1 heterocycles. The van der Waals surface area contributed by atoms with E-state index < -0.39 is 6.10 Å². The van der Waals surface area contributed by atoms with E-state index in [4.69, 9.17) is 9.15 Å². The van der Waals surface area contributed by atoms with Crippen LogP contribution in [0.1, 0.15) is 12.7 Å². The van der Waals surface area contributed by atoms with E-state index in [1.54, 1.807) is 19.3 Å². The van der Waals surface area contributed by atoms with Crippen LogP contribution in [0.3, 0.4) is 0 Å². The molecule has 1 aromatic heterocycles. The highest BCUT2D eigenvalue weighted by molar-refractivity contribution is 5.84. The number of hydrogen-bond donors (Lipinski definition) is 1. The van der Waals surface area contributed by atoms with Gasteiger partial charge < -0.3 is 14.5 Å². The molecule has 3 aromatic rings. The molecule has 1 N–H and O–H groups in total. The first-order valence-corrected chi connectivity index (χ1v) is 7.18. The summed E-state index contributed by atoms with van der Waals surface area (Å²) in [5, 5.41) is 5.01. The Morgan fingerprint density at radius 2 is 1.95 bits per heavy atom. The summed E-state index contributed by atoms with van der Waals surface area (Å²) in [6.07, 6.45) is 1.01. The number of benzene rings is 2. The largest absolute Gasteiger partial charge is 0.481 e. The van der Waals surface area contributed by atoms with Gasteiger partial charge in [0.25, 0.3) is 5.91 Å². The SMILES string of the molecule is CC(Oc1ccc2ccccc2c1)C(=O)NCc1ccco1. The zero-order valence-corrected chi connectivity index (χ0v) is 12.3. The van der Waals surface area contributed by atoms with Crippen molar-refractivity contribution in [3.05, 3.63) is 66.6 Å². The standard InChI is InChI=1S/C18H17NO3/c1-13(18(20)19-12-17-7-4-10-21-17)22-16-9-8-14-5-2-3-6-15(14)11-16/h2-11,13H,12H2,1H3,(H,19,20). The Balaban J connectivity index is 1.61. The molecule has 1 atom stereocenters. The lowest BCUT2D eigenvalue weighted by atomic mass is 10.1. The predicted octanol–water partition coefficient (Wildman–Crippen LogP) is 3.52. The molecule has 0 radical (unpaired) electrons. The van der Waals surface area contributed by atoms with Crippen LogP contribution in [-0.4, -0.2) is 12.0 Å². The molecule has 22 heavy (non-hydrogen) atoms. The molecule has 0 saturated heterocycles. The third-order valence-electron chi connectivity index (χ3n) is 3.42. The van der Waals surface area contributed by atoms with Crippen LogP contribution in [0.5, 0.6) is 5.75 Å². The summed E-state index contributed by atoms with van der Waals surface area (Å²) in [5.74, 6) is 1.22. The van der Waals surface area contributed by atoms with E-state index in [1.165, 1.54) is 0 Å². The van der Waals surface area contributed by atoms with Gasteiger partial charge in [-0.25, -0.2) is 0 Å². The van der Waals surface area contributed by atoms with Crippen LogP contribution in [0.2, 0.25) is 0 Å². The molecule has 0 aliphatic carbocycles. The number of ether oxygens (including phenoxy) is 1. The van der Waals surface area contributed by atoms with E-state index in [0.29, 0.717) is 18.1 Å². The second kappa shape index (κ2) is 6.35. The van der Waals surface area contributed by atoms with Crippen molar-refractivity contribution in [3.8, 4) is 5.75 Å². The average Bonchev–Trinajstić information content (AvgIpc) is 3.06. The molecule has 0 bridgehead atoms. The first kappa shape index (κ1) is 14.2. The molecule has 0 saturated carbocycles. The molecule has 0 aliphatic rings. The fourth-order valence-corrected chi connectivity index (χ4v) is 2.23. The summed E-state index contributed by atoms with van der Waals surface area (Å²) in [7, 11) is 0. The van der Waals surface area contributed by atoms with Gasteiger partial charge in [0.2, 0.25) is 0 Å². The quantitative estimate of drug-likeness (QED) is 0.783. The first-order valence-electron chi connectivity index (χ1n) is 7.18. The van der Waals surface area contributed by atoms with E-state index in [2.05, 4.69) is 5.32 Å². The Morgan fingerprint density at radius 3 is 2.73 bits per heavy atom. The van der Waals surface area contributed by atoms with Gasteiger partial charge in [-0.1, -0.05) is 30.3 Å². The maximum absolute atomic E-state index is 12.0. The maximum atomic E-state index is 12.0. The fraction of sp³-hybridized carbons (Fsp3) is 0.167. The van der Waals surface area contributed by atoms with Crippen LogP contribution in [-0.2, 0) is 11.3 Å². The van der Waals surface area contributed by atoms with Gasteiger partial charge in [0.1, 0.15) is 11.5 Å². The Morgan fingerprint density at radius 1 is 1.14 bits per heavy atom. The summed E-state index contributed by atoms with van der Waals surface area (Å²) in [6.45, 7) is 2.09. The van der Waals surface area contributed by atoms with Crippen molar-refractivity contribution in [1.29, 1.82) is 0 Å². The highest BCUT2D eigenvalue weighted by Crippen LogP contribution is 2.21. The zero-order valence-electron chi connectivity index (χ0n) is 12.3. The van der Waals surface area contributed by atoms with E-state index in [9.17, 15) is 4.79 Å². The summed E-state index contributed by atoms with van der Waals surface area (Å²) in [4.78, 5) is 12.0. The molecule has 3 rings (SSSR count). The number of nitrogens with one attached hydrogen (secondary N) is 1. The smallest absolute Gasteiger partial charge is 0.261 e. The molecular formula is C18H17NO3. The summed E-state index contributed by atoms with van der Waals surface area (Å²) < 4.78 is 10.9. The molecular weight excluding hydrogens is 278 g/mol. The van der Waals surface area contributed by atoms with Gasteiger partial charge in [-0.05, 0) is 42.0 Å². The van der Waals surface area contributed by atoms with Gasteiger partial charge >= 0.3 is 0 Å². The number of hydrogen-bond acceptors (Lipinski definition) is 3. The monoisotopic (exact) mass is 295 g/mol. The van der Waals surface area contributed by atoms with Crippen LogP contribution in [0.15, 0.2) is 65.3 Å². The number of furan rings is 1. The topological polar surface area (TPSA) is 51.5 Å². The van der Waals surface area contributed by atoms with Gasteiger partial charge in [-0.15, -0.1) is 0 Å². The number of amides is 1. The minimum Gasteiger partial charge on any atom is -0.481 e. The Labute approximate surface area is 128 Å². The highest BCUT2D eigenvalue weighted by Gasteiger charge is 2.14. The predicted molar refractivity (Wildman–Crippen MR) is 84.6 cm³/mol. The van der Waals surface area contributed by atoms with Gasteiger partial charge in [-0.2, -0.15) is 0 Å². The highest BCUT2D eigenvalue weighted by atomic mass is 16.5. The summed E-state index contributed by atoms with van der Waals surface area (Å²) in [6, 6.07) is 17.4. The summed E-state index contributed by atoms with van der Waals surface area (Å²) >= 11 is 0. The number of fused-ring (bicyclic) bond motifs is 1. The third kappa shape index (κ3) is 3.28. The average molecular weight is 295 g/mol. The van der Waals surface area contributed by atoms with Gasteiger partial charge in [0, 0.05) is 0 Å². The second-order valence-corrected chi connectivity index (χ2v) is 5.07. The lowest BCUT2D eigenvalue weighted by Crippen LogP contribution is -2.35. The van der Waals surface area contributed by atoms with Crippen LogP contribution in [0, 0.1) is 0 Å². The normalized spacial score (nSPS) is 12.0. The molecule has 1 unspecified atom stereocenters. The first-order chi connectivity index (χ1) is 10.7. The van der Waals surface area contributed by atoms with Crippen LogP contribution >= 0.6 is 0 Å². The molecule has 0 aliphatic heterocycles. The van der Waals surface area contributed by atoms with Crippen molar-refractivity contribution < 1.29 is 13.9 Å². The Kier molecular flexibility index (Phi) is 4.10. The zero-order chi connectivity index (χ0) is 15.4. The van der Waals surface area contributed by atoms with E-state index >= 15 is 0 Å². The molecule has 4 nitrogen and oxygen atoms in total. The number of rotatable bonds is 5. The molecule has 2 aromatic carbocycles. The lowest BCUT2D eigenvalue weighted by Gasteiger charge is -2.14. The molecule has 1 amide bonds. The number of carbonyl (C=O) groups is 1. The van der Waals surface area contributed by atoms with Crippen molar-refractivity contribution >= 4 is 16.7 Å². The van der Waals surface area contributed by atoms with Gasteiger partial charge in [0.15, 0.2) is 6.10 Å². The van der Waals surface area contributed by atoms with Crippen molar-refractivity contribution in [3.63, 3.8) is 0 Å². The van der Waals surface area contributed by atoms with Crippen LogP contribution in [0.25, 0.3) is 10.8 Å². The van der Waals surface area contributed by atoms with E-state index in [0.717, 1.165) is 10.8 Å². The minimum absolute atomic E-state index is 0.176. The van der Waals surface area contributed by atoms with Crippen molar-refractivity contribution in [2.24, 2.45) is 0 Å². The summed E-state index contributed by atoms with van der Waals surface area (Å²) in [5.41, 5.74) is 0. The van der Waals surface area contributed by atoms with Gasteiger partial charge in [0.05, 0.1) is 12.8 Å². The van der Waals surface area contributed by atoms with Crippen molar-refractivity contribution in [2.75, 3.05) is 0 Å². The molecule has 4 heteroatoms. The van der Waals surface area contributed by atoms with Gasteiger partial charge in [-0.3, -0.25) is 4.79 Å². The molecule has 112 valence electrons. The van der Waals surface area contributed by atoms with Crippen LogP contribution in [0.4, 0.5) is 0 Å².